The molecule has 0 amide bonds. The van der Waals surface area contributed by atoms with Gasteiger partial charge in [0.15, 0.2) is 0 Å². The van der Waals surface area contributed by atoms with E-state index in [1.54, 1.807) is 6.21 Å². The lowest BCUT2D eigenvalue weighted by molar-refractivity contribution is 0.301. The van der Waals surface area contributed by atoms with Crippen LogP contribution in [0.25, 0.3) is 0 Å². The number of nitrogens with zero attached hydrogens (tertiary/aromatic N) is 1. The molecule has 0 bridgehead atoms. The van der Waals surface area contributed by atoms with Crippen molar-refractivity contribution in [2.24, 2.45) is 16.3 Å². The first kappa shape index (κ1) is 29.8. The average Bonchev–Trinajstić information content (AvgIpc) is 2.69. The average molecular weight is 507 g/mol. The zero-order chi connectivity index (χ0) is 26.8. The lowest BCUT2D eigenvalue weighted by Gasteiger charge is -2.31. The molecule has 1 fully saturated rings. The number of sulfonamides is 1. The number of benzene rings is 1. The summed E-state index contributed by atoms with van der Waals surface area (Å²) in [5.74, 6) is 0.549. The van der Waals surface area contributed by atoms with Crippen LogP contribution in [-0.4, -0.2) is 37.6 Å². The quantitative estimate of drug-likeness (QED) is 0.403. The van der Waals surface area contributed by atoms with Gasteiger partial charge in [0.25, 0.3) is 0 Å². The van der Waals surface area contributed by atoms with Crippen molar-refractivity contribution in [2.45, 2.75) is 124 Å². The third kappa shape index (κ3) is 8.59. The van der Waals surface area contributed by atoms with Crippen molar-refractivity contribution >= 4 is 16.2 Å². The van der Waals surface area contributed by atoms with E-state index in [0.29, 0.717) is 11.5 Å². The first-order valence-electron chi connectivity index (χ1n) is 13.2. The lowest BCUT2D eigenvalue weighted by Crippen LogP contribution is -2.44. The highest BCUT2D eigenvalue weighted by molar-refractivity contribution is 7.89. The monoisotopic (exact) mass is 506 g/mol. The molecule has 0 heterocycles. The molecular weight excluding hydrogens is 456 g/mol. The smallest absolute Gasteiger partial charge is 0.213 e. The Morgan fingerprint density at radius 2 is 1.57 bits per heavy atom. The van der Waals surface area contributed by atoms with Gasteiger partial charge in [-0.05, 0) is 53.6 Å². The molecule has 1 aromatic carbocycles. The van der Waals surface area contributed by atoms with E-state index < -0.39 is 16.1 Å². The van der Waals surface area contributed by atoms with E-state index in [-0.39, 0.29) is 33.8 Å². The summed E-state index contributed by atoms with van der Waals surface area (Å²) in [5, 5.41) is 11.1. The SMILES string of the molecule is C[C@H](NS(=O)(=O)C[C@@H](N=Cc1cc(C(C)(C)C)cc(C(C)(C)C)c1O)C(C)(C)C)C1CCCCC1. The third-order valence-corrected chi connectivity index (χ3v) is 8.79. The molecule has 2 N–H and O–H groups in total. The van der Waals surface area contributed by atoms with Crippen molar-refractivity contribution in [1.82, 2.24) is 4.72 Å². The highest BCUT2D eigenvalue weighted by Crippen LogP contribution is 2.37. The van der Waals surface area contributed by atoms with Crippen molar-refractivity contribution in [3.8, 4) is 5.75 Å². The summed E-state index contributed by atoms with van der Waals surface area (Å²) in [6.45, 7) is 20.7. The molecule has 1 aromatic rings. The predicted octanol–water partition coefficient (Wildman–Crippen LogP) is 6.71. The highest BCUT2D eigenvalue weighted by atomic mass is 32.2. The largest absolute Gasteiger partial charge is 0.507 e. The molecule has 0 unspecified atom stereocenters. The Balaban J connectivity index is 2.36. The first-order chi connectivity index (χ1) is 15.8. The second-order valence-electron chi connectivity index (χ2n) is 13.7. The van der Waals surface area contributed by atoms with Gasteiger partial charge >= 0.3 is 0 Å². The minimum Gasteiger partial charge on any atom is -0.507 e. The van der Waals surface area contributed by atoms with Gasteiger partial charge in [-0.3, -0.25) is 4.99 Å². The molecule has 2 rings (SSSR count). The Morgan fingerprint density at radius 1 is 1.00 bits per heavy atom. The molecule has 0 radical (unpaired) electrons. The van der Waals surface area contributed by atoms with Crippen LogP contribution in [0.3, 0.4) is 0 Å². The fraction of sp³-hybridized carbons (Fsp3) is 0.759. The number of hydrogen-bond donors (Lipinski definition) is 2. The van der Waals surface area contributed by atoms with Gasteiger partial charge in [0, 0.05) is 23.4 Å². The Hall–Kier alpha value is -1.40. The molecule has 2 atom stereocenters. The second kappa shape index (κ2) is 10.9. The van der Waals surface area contributed by atoms with Crippen molar-refractivity contribution in [1.29, 1.82) is 0 Å². The van der Waals surface area contributed by atoms with Crippen LogP contribution in [0.5, 0.6) is 5.75 Å². The third-order valence-electron chi connectivity index (χ3n) is 7.31. The van der Waals surface area contributed by atoms with Crippen molar-refractivity contribution in [3.05, 3.63) is 28.8 Å². The van der Waals surface area contributed by atoms with Crippen LogP contribution in [0.2, 0.25) is 0 Å². The van der Waals surface area contributed by atoms with Gasteiger partial charge in [-0.25, -0.2) is 13.1 Å². The zero-order valence-corrected chi connectivity index (χ0v) is 24.6. The predicted molar refractivity (Wildman–Crippen MR) is 149 cm³/mol. The molecule has 1 saturated carbocycles. The molecule has 0 spiro atoms. The minimum absolute atomic E-state index is 0.0632. The molecule has 200 valence electrons. The second-order valence-corrected chi connectivity index (χ2v) is 15.5. The van der Waals surface area contributed by atoms with Crippen LogP contribution in [-0.2, 0) is 20.9 Å². The summed E-state index contributed by atoms with van der Waals surface area (Å²) < 4.78 is 29.3. The number of aromatic hydroxyl groups is 1. The van der Waals surface area contributed by atoms with E-state index in [1.165, 1.54) is 19.3 Å². The summed E-state index contributed by atoms with van der Waals surface area (Å²) in [7, 11) is -3.52. The fourth-order valence-corrected chi connectivity index (χ4v) is 6.57. The molecule has 0 aliphatic heterocycles. The van der Waals surface area contributed by atoms with Gasteiger partial charge in [-0.2, -0.15) is 0 Å². The van der Waals surface area contributed by atoms with Crippen LogP contribution >= 0.6 is 0 Å². The van der Waals surface area contributed by atoms with Gasteiger partial charge < -0.3 is 5.11 Å². The Kier molecular flexibility index (Phi) is 9.31. The van der Waals surface area contributed by atoms with Crippen molar-refractivity contribution in [3.63, 3.8) is 0 Å². The van der Waals surface area contributed by atoms with Gasteiger partial charge in [0.2, 0.25) is 10.0 Å². The maximum Gasteiger partial charge on any atom is 0.213 e. The van der Waals surface area contributed by atoms with E-state index in [2.05, 4.69) is 52.3 Å². The lowest BCUT2D eigenvalue weighted by atomic mass is 9.79. The maximum atomic E-state index is 13.2. The summed E-state index contributed by atoms with van der Waals surface area (Å²) >= 11 is 0. The van der Waals surface area contributed by atoms with E-state index in [4.69, 9.17) is 4.99 Å². The van der Waals surface area contributed by atoms with E-state index in [9.17, 15) is 13.5 Å². The number of nitrogens with one attached hydrogen (secondary N) is 1. The molecule has 0 aromatic heterocycles. The van der Waals surface area contributed by atoms with Gasteiger partial charge in [0.1, 0.15) is 5.75 Å². The van der Waals surface area contributed by atoms with Crippen LogP contribution in [0, 0.1) is 11.3 Å². The normalized spacial score (nSPS) is 18.7. The van der Waals surface area contributed by atoms with Crippen LogP contribution in [0.4, 0.5) is 0 Å². The fourth-order valence-electron chi connectivity index (χ4n) is 4.72. The van der Waals surface area contributed by atoms with Crippen LogP contribution in [0.1, 0.15) is 118 Å². The summed E-state index contributed by atoms with van der Waals surface area (Å²) in [4.78, 5) is 4.77. The van der Waals surface area contributed by atoms with Crippen molar-refractivity contribution < 1.29 is 13.5 Å². The topological polar surface area (TPSA) is 78.8 Å². The maximum absolute atomic E-state index is 13.2. The first-order valence-corrected chi connectivity index (χ1v) is 14.9. The van der Waals surface area contributed by atoms with Crippen molar-refractivity contribution in [2.75, 3.05) is 5.75 Å². The van der Waals surface area contributed by atoms with E-state index in [0.717, 1.165) is 24.0 Å². The summed E-state index contributed by atoms with van der Waals surface area (Å²) in [6.07, 6.45) is 7.46. The number of phenols is 1. The van der Waals surface area contributed by atoms with E-state index in [1.807, 2.05) is 33.8 Å². The van der Waals surface area contributed by atoms with Crippen LogP contribution in [0.15, 0.2) is 17.1 Å². The molecular formula is C29H50N2O3S. The Bertz CT molecular complexity index is 986. The number of rotatable bonds is 7. The highest BCUT2D eigenvalue weighted by Gasteiger charge is 2.32. The number of aliphatic imine (C=N–C) groups is 1. The van der Waals surface area contributed by atoms with Crippen LogP contribution < -0.4 is 4.72 Å². The minimum atomic E-state index is -3.52. The Labute approximate surface area is 215 Å². The number of phenolic OH excluding ortho intramolecular Hbond substituents is 1. The van der Waals surface area contributed by atoms with Gasteiger partial charge in [-0.1, -0.05) is 87.6 Å². The van der Waals surface area contributed by atoms with Gasteiger partial charge in [0.05, 0.1) is 11.8 Å². The Morgan fingerprint density at radius 3 is 2.06 bits per heavy atom. The molecule has 1 aliphatic rings. The zero-order valence-electron chi connectivity index (χ0n) is 23.8. The molecule has 1 aliphatic carbocycles. The summed E-state index contributed by atoms with van der Waals surface area (Å²) in [6, 6.07) is 3.54. The molecule has 5 nitrogen and oxygen atoms in total. The number of hydrogen-bond acceptors (Lipinski definition) is 4. The molecule has 6 heteroatoms. The van der Waals surface area contributed by atoms with E-state index >= 15 is 0 Å². The standard InChI is InChI=1S/C29H50N2O3S/c1-20(21-14-12-11-13-15-21)31-35(33,34)19-25(29(8,9)10)30-18-22-16-23(27(2,3)4)17-24(26(22)32)28(5,6)7/h16-18,20-21,25,31-32H,11-15,19H2,1-10H3/t20-,25+/m0/s1. The molecule has 35 heavy (non-hydrogen) atoms. The van der Waals surface area contributed by atoms with Gasteiger partial charge in [-0.15, -0.1) is 0 Å². The molecule has 0 saturated heterocycles. The summed E-state index contributed by atoms with van der Waals surface area (Å²) in [5.41, 5.74) is 1.93.